The molecule has 3 rings (SSSR count). The van der Waals surface area contributed by atoms with Crippen molar-refractivity contribution < 1.29 is 14.3 Å². The fraction of sp³-hybridized carbons (Fsp3) is 0.304. The minimum Gasteiger partial charge on any atom is -0.451 e. The molecule has 7 nitrogen and oxygen atoms in total. The Hall–Kier alpha value is -3.48. The van der Waals surface area contributed by atoms with E-state index < -0.39 is 18.0 Å². The zero-order valence-corrected chi connectivity index (χ0v) is 17.3. The molecule has 2 atom stereocenters. The van der Waals surface area contributed by atoms with Crippen molar-refractivity contribution in [3.8, 4) is 0 Å². The average molecular weight is 407 g/mol. The summed E-state index contributed by atoms with van der Waals surface area (Å²) in [7, 11) is 0. The van der Waals surface area contributed by atoms with Gasteiger partial charge >= 0.3 is 5.97 Å². The molecule has 2 aromatic carbocycles. The summed E-state index contributed by atoms with van der Waals surface area (Å²) in [6.45, 7) is 5.35. The molecule has 0 saturated carbocycles. The van der Waals surface area contributed by atoms with Crippen LogP contribution in [-0.2, 0) is 20.9 Å². The Kier molecular flexibility index (Phi) is 6.61. The average Bonchev–Trinajstić information content (AvgIpc) is 2.75. The summed E-state index contributed by atoms with van der Waals surface area (Å²) in [5, 5.41) is 3.25. The number of carbonyl (C=O) groups excluding carboxylic acids is 2. The number of fused-ring (bicyclic) bond motifs is 1. The maximum atomic E-state index is 12.5. The Bertz CT molecular complexity index is 1120. The lowest BCUT2D eigenvalue weighted by molar-refractivity contribution is -0.153. The molecule has 0 radical (unpaired) electrons. The first-order chi connectivity index (χ1) is 14.4. The van der Waals surface area contributed by atoms with Gasteiger partial charge in [-0.05, 0) is 43.0 Å². The first kappa shape index (κ1) is 21.2. The second-order valence-electron chi connectivity index (χ2n) is 7.21. The number of ether oxygens (including phenoxy) is 1. The molecule has 0 aliphatic rings. The number of hydrogen-bond acceptors (Lipinski definition) is 5. The van der Waals surface area contributed by atoms with E-state index in [-0.39, 0.29) is 18.0 Å². The van der Waals surface area contributed by atoms with Gasteiger partial charge in [0.15, 0.2) is 6.10 Å². The van der Waals surface area contributed by atoms with E-state index in [0.717, 1.165) is 12.0 Å². The van der Waals surface area contributed by atoms with E-state index in [9.17, 15) is 14.4 Å². The first-order valence-corrected chi connectivity index (χ1v) is 9.94. The van der Waals surface area contributed by atoms with E-state index in [1.807, 2.05) is 24.3 Å². The van der Waals surface area contributed by atoms with Crippen molar-refractivity contribution in [3.05, 3.63) is 70.8 Å². The van der Waals surface area contributed by atoms with Gasteiger partial charge in [0.2, 0.25) is 0 Å². The molecule has 0 spiro atoms. The van der Waals surface area contributed by atoms with E-state index >= 15 is 0 Å². The van der Waals surface area contributed by atoms with Crippen molar-refractivity contribution >= 4 is 28.5 Å². The van der Waals surface area contributed by atoms with Gasteiger partial charge in [0, 0.05) is 5.69 Å². The highest BCUT2D eigenvalue weighted by Crippen LogP contribution is 2.26. The van der Waals surface area contributed by atoms with Crippen LogP contribution in [-0.4, -0.2) is 27.5 Å². The highest BCUT2D eigenvalue weighted by atomic mass is 16.5. The number of anilines is 1. The molecular weight excluding hydrogens is 382 g/mol. The van der Waals surface area contributed by atoms with Gasteiger partial charge < -0.3 is 10.1 Å². The summed E-state index contributed by atoms with van der Waals surface area (Å²) in [4.78, 5) is 41.5. The number of nitrogens with one attached hydrogen (secondary N) is 1. The third kappa shape index (κ3) is 4.74. The normalized spacial score (nSPS) is 12.9. The van der Waals surface area contributed by atoms with Gasteiger partial charge in [-0.15, -0.1) is 0 Å². The van der Waals surface area contributed by atoms with E-state index in [0.29, 0.717) is 16.6 Å². The number of para-hydroxylation sites is 2. The molecule has 0 aliphatic carbocycles. The second kappa shape index (κ2) is 9.35. The number of carbonyl (C=O) groups is 2. The van der Waals surface area contributed by atoms with Gasteiger partial charge in [-0.1, -0.05) is 44.2 Å². The second-order valence-corrected chi connectivity index (χ2v) is 7.21. The molecule has 2 unspecified atom stereocenters. The molecule has 0 fully saturated rings. The van der Waals surface area contributed by atoms with Crippen LogP contribution < -0.4 is 10.9 Å². The van der Waals surface area contributed by atoms with E-state index in [2.05, 4.69) is 24.1 Å². The van der Waals surface area contributed by atoms with Gasteiger partial charge in [-0.25, -0.2) is 4.98 Å². The highest BCUT2D eigenvalue weighted by molar-refractivity contribution is 5.95. The van der Waals surface area contributed by atoms with Crippen molar-refractivity contribution in [2.75, 3.05) is 5.32 Å². The first-order valence-electron chi connectivity index (χ1n) is 9.94. The van der Waals surface area contributed by atoms with Crippen molar-refractivity contribution in [2.45, 2.75) is 45.8 Å². The maximum Gasteiger partial charge on any atom is 0.326 e. The van der Waals surface area contributed by atoms with Crippen molar-refractivity contribution in [1.82, 2.24) is 9.55 Å². The third-order valence-electron chi connectivity index (χ3n) is 5.07. The summed E-state index contributed by atoms with van der Waals surface area (Å²) < 4.78 is 6.42. The minimum atomic E-state index is -1.01. The summed E-state index contributed by atoms with van der Waals surface area (Å²) in [6.07, 6.45) is 1.23. The molecule has 1 aromatic heterocycles. The number of benzene rings is 2. The van der Waals surface area contributed by atoms with Crippen LogP contribution in [0.4, 0.5) is 5.69 Å². The number of rotatable bonds is 7. The highest BCUT2D eigenvalue weighted by Gasteiger charge is 2.20. The van der Waals surface area contributed by atoms with E-state index in [4.69, 9.17) is 4.74 Å². The lowest BCUT2D eigenvalue weighted by Gasteiger charge is -2.18. The number of hydrogen-bond donors (Lipinski definition) is 1. The Morgan fingerprint density at radius 3 is 2.57 bits per heavy atom. The van der Waals surface area contributed by atoms with Crippen LogP contribution in [0.15, 0.2) is 59.7 Å². The van der Waals surface area contributed by atoms with Gasteiger partial charge in [0.05, 0.1) is 17.2 Å². The molecule has 30 heavy (non-hydrogen) atoms. The van der Waals surface area contributed by atoms with Crippen molar-refractivity contribution in [2.24, 2.45) is 0 Å². The quantitative estimate of drug-likeness (QED) is 0.606. The summed E-state index contributed by atoms with van der Waals surface area (Å²) in [5.74, 6) is -0.832. The predicted octanol–water partition coefficient (Wildman–Crippen LogP) is 3.48. The Labute approximate surface area is 174 Å². The molecule has 0 bridgehead atoms. The fourth-order valence-corrected chi connectivity index (χ4v) is 3.14. The van der Waals surface area contributed by atoms with Gasteiger partial charge in [-0.2, -0.15) is 0 Å². The smallest absolute Gasteiger partial charge is 0.326 e. The van der Waals surface area contributed by atoms with Crippen LogP contribution in [0.3, 0.4) is 0 Å². The minimum absolute atomic E-state index is 0.284. The zero-order chi connectivity index (χ0) is 21.7. The molecule has 1 N–H and O–H groups in total. The number of amides is 1. The SMILES string of the molecule is CCC(C)c1ccccc1NC(=O)C(C)OC(=O)Cn1cnc2ccccc2c1=O. The summed E-state index contributed by atoms with van der Waals surface area (Å²) in [6, 6.07) is 14.5. The molecule has 7 heteroatoms. The standard InChI is InChI=1S/C23H25N3O4/c1-4-15(2)17-9-5-8-12-20(17)25-22(28)16(3)30-21(27)13-26-14-24-19-11-7-6-10-18(19)23(26)29/h5-12,14-16H,4,13H2,1-3H3,(H,25,28). The molecule has 1 amide bonds. The summed E-state index contributed by atoms with van der Waals surface area (Å²) >= 11 is 0. The van der Waals surface area contributed by atoms with Gasteiger partial charge in [0.1, 0.15) is 6.54 Å². The molecular formula is C23H25N3O4. The molecule has 3 aromatic rings. The Morgan fingerprint density at radius 1 is 1.10 bits per heavy atom. The molecule has 156 valence electrons. The van der Waals surface area contributed by atoms with Crippen LogP contribution in [0.2, 0.25) is 0 Å². The maximum absolute atomic E-state index is 12.5. The van der Waals surface area contributed by atoms with E-state index in [1.54, 1.807) is 24.3 Å². The van der Waals surface area contributed by atoms with Crippen molar-refractivity contribution in [3.63, 3.8) is 0 Å². The molecule has 0 saturated heterocycles. The zero-order valence-electron chi connectivity index (χ0n) is 17.3. The molecule has 1 heterocycles. The largest absolute Gasteiger partial charge is 0.451 e. The fourth-order valence-electron chi connectivity index (χ4n) is 3.14. The van der Waals surface area contributed by atoms with Crippen LogP contribution in [0, 0.1) is 0 Å². The molecule has 0 aliphatic heterocycles. The van der Waals surface area contributed by atoms with Crippen LogP contribution in [0.5, 0.6) is 0 Å². The lowest BCUT2D eigenvalue weighted by atomic mass is 9.97. The van der Waals surface area contributed by atoms with Gasteiger partial charge in [0.25, 0.3) is 11.5 Å². The topological polar surface area (TPSA) is 90.3 Å². The van der Waals surface area contributed by atoms with Crippen molar-refractivity contribution in [1.29, 1.82) is 0 Å². The monoisotopic (exact) mass is 407 g/mol. The summed E-state index contributed by atoms with van der Waals surface area (Å²) in [5.41, 5.74) is 1.95. The number of aromatic nitrogens is 2. The Balaban J connectivity index is 1.66. The lowest BCUT2D eigenvalue weighted by Crippen LogP contribution is -2.33. The third-order valence-corrected chi connectivity index (χ3v) is 5.07. The van der Waals surface area contributed by atoms with Crippen LogP contribution >= 0.6 is 0 Å². The van der Waals surface area contributed by atoms with Crippen LogP contribution in [0.25, 0.3) is 10.9 Å². The predicted molar refractivity (Wildman–Crippen MR) is 115 cm³/mol. The van der Waals surface area contributed by atoms with Gasteiger partial charge in [-0.3, -0.25) is 19.0 Å². The number of esters is 1. The van der Waals surface area contributed by atoms with Crippen LogP contribution in [0.1, 0.15) is 38.7 Å². The van der Waals surface area contributed by atoms with E-state index in [1.165, 1.54) is 17.8 Å². The Morgan fingerprint density at radius 2 is 1.80 bits per heavy atom. The number of nitrogens with zero attached hydrogens (tertiary/aromatic N) is 2.